The molecule has 0 fully saturated rings. The molecule has 1 unspecified atom stereocenters. The van der Waals surface area contributed by atoms with Crippen molar-refractivity contribution < 1.29 is 4.39 Å². The van der Waals surface area contributed by atoms with Gasteiger partial charge in [0.2, 0.25) is 0 Å². The van der Waals surface area contributed by atoms with Crippen molar-refractivity contribution in [3.63, 3.8) is 0 Å². The first kappa shape index (κ1) is 13.2. The molecule has 1 aromatic carbocycles. The van der Waals surface area contributed by atoms with Gasteiger partial charge in [0.1, 0.15) is 17.6 Å². The van der Waals surface area contributed by atoms with Gasteiger partial charge in [-0.25, -0.2) is 14.4 Å². The number of nitrogens with zero attached hydrogens (tertiary/aromatic N) is 3. The molecule has 0 aliphatic rings. The minimum Gasteiger partial charge on any atom is -0.237 e. The van der Waals surface area contributed by atoms with E-state index in [9.17, 15) is 4.39 Å². The molecule has 4 heteroatoms. The van der Waals surface area contributed by atoms with Crippen molar-refractivity contribution in [1.82, 2.24) is 9.97 Å². The highest BCUT2D eigenvalue weighted by molar-refractivity contribution is 5.59. The summed E-state index contributed by atoms with van der Waals surface area (Å²) in [5.41, 5.74) is 2.34. The van der Waals surface area contributed by atoms with Crippen LogP contribution in [-0.2, 0) is 0 Å². The summed E-state index contributed by atoms with van der Waals surface area (Å²) in [6, 6.07) is 10.2. The summed E-state index contributed by atoms with van der Waals surface area (Å²) in [5.74, 6) is -0.0540. The minimum atomic E-state index is -0.306. The number of rotatable bonds is 3. The molecule has 96 valence electrons. The van der Waals surface area contributed by atoms with Crippen molar-refractivity contribution in [2.24, 2.45) is 0 Å². The fourth-order valence-electron chi connectivity index (χ4n) is 1.85. The Bertz CT molecular complexity index is 614. The molecule has 2 rings (SSSR count). The van der Waals surface area contributed by atoms with Gasteiger partial charge in [0.05, 0.1) is 11.8 Å². The van der Waals surface area contributed by atoms with Crippen LogP contribution in [0.5, 0.6) is 0 Å². The normalized spacial score (nSPS) is 11.9. The van der Waals surface area contributed by atoms with E-state index in [0.717, 1.165) is 17.0 Å². The first-order valence-electron chi connectivity index (χ1n) is 6.15. The lowest BCUT2D eigenvalue weighted by molar-refractivity contribution is 0.628. The second-order valence-electron chi connectivity index (χ2n) is 4.35. The Morgan fingerprint density at radius 2 is 1.95 bits per heavy atom. The Morgan fingerprint density at radius 3 is 2.53 bits per heavy atom. The maximum absolute atomic E-state index is 12.9. The molecule has 1 aromatic heterocycles. The Labute approximate surface area is 111 Å². The highest BCUT2D eigenvalue weighted by atomic mass is 19.1. The average Bonchev–Trinajstić information content (AvgIpc) is 2.40. The first-order valence-corrected chi connectivity index (χ1v) is 6.15. The SMILES string of the molecule is CCC(C#N)c1nc(C)cc(-c2ccc(F)cc2)n1. The van der Waals surface area contributed by atoms with Gasteiger partial charge >= 0.3 is 0 Å². The van der Waals surface area contributed by atoms with E-state index < -0.39 is 0 Å². The number of benzene rings is 1. The maximum Gasteiger partial charge on any atom is 0.146 e. The lowest BCUT2D eigenvalue weighted by Crippen LogP contribution is -2.04. The highest BCUT2D eigenvalue weighted by Gasteiger charge is 2.13. The lowest BCUT2D eigenvalue weighted by Gasteiger charge is -2.09. The Hall–Kier alpha value is -2.28. The quantitative estimate of drug-likeness (QED) is 0.841. The van der Waals surface area contributed by atoms with Crippen molar-refractivity contribution in [3.8, 4) is 17.3 Å². The van der Waals surface area contributed by atoms with Gasteiger partial charge in [-0.3, -0.25) is 0 Å². The molecule has 0 radical (unpaired) electrons. The zero-order valence-corrected chi connectivity index (χ0v) is 10.9. The van der Waals surface area contributed by atoms with Gasteiger partial charge in [-0.05, 0) is 43.7 Å². The van der Waals surface area contributed by atoms with E-state index in [4.69, 9.17) is 5.26 Å². The number of nitriles is 1. The van der Waals surface area contributed by atoms with Crippen LogP contribution in [0.1, 0.15) is 30.8 Å². The summed E-state index contributed by atoms with van der Waals surface area (Å²) in [6.45, 7) is 3.79. The van der Waals surface area contributed by atoms with Crippen molar-refractivity contribution in [2.75, 3.05) is 0 Å². The second-order valence-corrected chi connectivity index (χ2v) is 4.35. The van der Waals surface area contributed by atoms with Gasteiger partial charge in [-0.15, -0.1) is 0 Å². The molecule has 0 spiro atoms. The third kappa shape index (κ3) is 2.94. The lowest BCUT2D eigenvalue weighted by atomic mass is 10.1. The summed E-state index contributed by atoms with van der Waals surface area (Å²) >= 11 is 0. The molecule has 0 saturated carbocycles. The third-order valence-corrected chi connectivity index (χ3v) is 2.89. The monoisotopic (exact) mass is 255 g/mol. The molecule has 19 heavy (non-hydrogen) atoms. The topological polar surface area (TPSA) is 49.6 Å². The standard InChI is InChI=1S/C15H14FN3/c1-3-11(9-17)15-18-10(2)8-14(19-15)12-4-6-13(16)7-5-12/h4-8,11H,3H2,1-2H3. The van der Waals surface area contributed by atoms with Gasteiger partial charge in [0.15, 0.2) is 0 Å². The zero-order valence-electron chi connectivity index (χ0n) is 10.9. The second kappa shape index (κ2) is 5.57. The minimum absolute atomic E-state index is 0.279. The van der Waals surface area contributed by atoms with E-state index in [1.165, 1.54) is 12.1 Å². The zero-order chi connectivity index (χ0) is 13.8. The summed E-state index contributed by atoms with van der Waals surface area (Å²) in [4.78, 5) is 8.73. The van der Waals surface area contributed by atoms with Gasteiger partial charge in [-0.1, -0.05) is 6.92 Å². The van der Waals surface area contributed by atoms with Crippen LogP contribution in [0.2, 0.25) is 0 Å². The van der Waals surface area contributed by atoms with E-state index in [1.807, 2.05) is 19.9 Å². The number of aromatic nitrogens is 2. The molecule has 0 aliphatic carbocycles. The molecule has 0 amide bonds. The fraction of sp³-hybridized carbons (Fsp3) is 0.267. The number of hydrogen-bond acceptors (Lipinski definition) is 3. The third-order valence-electron chi connectivity index (χ3n) is 2.89. The van der Waals surface area contributed by atoms with Crippen LogP contribution in [0.15, 0.2) is 30.3 Å². The van der Waals surface area contributed by atoms with E-state index in [0.29, 0.717) is 12.2 Å². The van der Waals surface area contributed by atoms with Crippen LogP contribution < -0.4 is 0 Å². The molecule has 2 aromatic rings. The van der Waals surface area contributed by atoms with Crippen LogP contribution in [0.4, 0.5) is 4.39 Å². The number of aryl methyl sites for hydroxylation is 1. The number of halogens is 1. The van der Waals surface area contributed by atoms with Crippen LogP contribution in [0.3, 0.4) is 0 Å². The van der Waals surface area contributed by atoms with Crippen molar-refractivity contribution in [3.05, 3.63) is 47.7 Å². The van der Waals surface area contributed by atoms with Crippen molar-refractivity contribution >= 4 is 0 Å². The summed E-state index contributed by atoms with van der Waals surface area (Å²) in [5, 5.41) is 9.09. The molecule has 0 N–H and O–H groups in total. The smallest absolute Gasteiger partial charge is 0.146 e. The van der Waals surface area contributed by atoms with Crippen molar-refractivity contribution in [2.45, 2.75) is 26.2 Å². The van der Waals surface area contributed by atoms with Crippen molar-refractivity contribution in [1.29, 1.82) is 5.26 Å². The predicted molar refractivity (Wildman–Crippen MR) is 70.8 cm³/mol. The summed E-state index contributed by atoms with van der Waals surface area (Å²) < 4.78 is 12.9. The van der Waals surface area contributed by atoms with E-state index in [2.05, 4.69) is 16.0 Å². The fourth-order valence-corrected chi connectivity index (χ4v) is 1.85. The maximum atomic E-state index is 12.9. The van der Waals surface area contributed by atoms with Crippen LogP contribution in [-0.4, -0.2) is 9.97 Å². The highest BCUT2D eigenvalue weighted by Crippen LogP contribution is 2.22. The van der Waals surface area contributed by atoms with Crippen LogP contribution in [0, 0.1) is 24.1 Å². The average molecular weight is 255 g/mol. The Balaban J connectivity index is 2.47. The number of hydrogen-bond donors (Lipinski definition) is 0. The van der Waals surface area contributed by atoms with E-state index >= 15 is 0 Å². The van der Waals surface area contributed by atoms with E-state index in [-0.39, 0.29) is 11.7 Å². The Morgan fingerprint density at radius 1 is 1.26 bits per heavy atom. The van der Waals surface area contributed by atoms with Crippen LogP contribution in [0.25, 0.3) is 11.3 Å². The van der Waals surface area contributed by atoms with Gasteiger partial charge in [0, 0.05) is 11.3 Å². The van der Waals surface area contributed by atoms with Gasteiger partial charge < -0.3 is 0 Å². The molecule has 0 bridgehead atoms. The molecular weight excluding hydrogens is 241 g/mol. The molecule has 3 nitrogen and oxygen atoms in total. The van der Waals surface area contributed by atoms with E-state index in [1.54, 1.807) is 12.1 Å². The van der Waals surface area contributed by atoms with Gasteiger partial charge in [0.25, 0.3) is 0 Å². The first-order chi connectivity index (χ1) is 9.13. The summed E-state index contributed by atoms with van der Waals surface area (Å²) in [7, 11) is 0. The molecule has 1 atom stereocenters. The summed E-state index contributed by atoms with van der Waals surface area (Å²) in [6.07, 6.45) is 0.669. The molecule has 1 heterocycles. The molecule has 0 saturated heterocycles. The molecule has 0 aliphatic heterocycles. The Kier molecular flexibility index (Phi) is 3.86. The molecular formula is C15H14FN3. The van der Waals surface area contributed by atoms with Gasteiger partial charge in [-0.2, -0.15) is 5.26 Å². The predicted octanol–water partition coefficient (Wildman–Crippen LogP) is 3.61. The largest absolute Gasteiger partial charge is 0.237 e. The van der Waals surface area contributed by atoms with Crippen LogP contribution >= 0.6 is 0 Å².